The molecule has 1 aliphatic heterocycles. The highest BCUT2D eigenvalue weighted by Crippen LogP contribution is 2.31. The third kappa shape index (κ3) is 2.00. The van der Waals surface area contributed by atoms with Crippen molar-refractivity contribution < 1.29 is 8.78 Å². The van der Waals surface area contributed by atoms with Crippen LogP contribution in [0.4, 0.5) is 20.3 Å². The number of alkyl halides is 2. The molecule has 0 amide bonds. The minimum atomic E-state index is -2.59. The summed E-state index contributed by atoms with van der Waals surface area (Å²) in [5.74, 6) is -1.98. The van der Waals surface area contributed by atoms with Crippen LogP contribution in [-0.4, -0.2) is 24.0 Å². The Hall–Kier alpha value is -1.39. The van der Waals surface area contributed by atoms with E-state index >= 15 is 0 Å². The first-order chi connectivity index (χ1) is 6.98. The van der Waals surface area contributed by atoms with Crippen molar-refractivity contribution in [3.05, 3.63) is 17.8 Å². The molecule has 82 valence electrons. The van der Waals surface area contributed by atoms with Gasteiger partial charge in [-0.3, -0.25) is 0 Å². The molecule has 0 unspecified atom stereocenters. The Labute approximate surface area is 86.9 Å². The van der Waals surface area contributed by atoms with Crippen LogP contribution in [0.2, 0.25) is 0 Å². The lowest BCUT2D eigenvalue weighted by Crippen LogP contribution is -2.26. The van der Waals surface area contributed by atoms with Gasteiger partial charge in [0.1, 0.15) is 5.82 Å². The SMILES string of the molecule is Cc1cc(N)cnc1N1CCC(F)(F)C1. The van der Waals surface area contributed by atoms with Gasteiger partial charge in [0, 0.05) is 13.0 Å². The maximum atomic E-state index is 13.0. The van der Waals surface area contributed by atoms with Gasteiger partial charge in [0.15, 0.2) is 0 Å². The molecule has 2 rings (SSSR count). The Morgan fingerprint density at radius 3 is 2.80 bits per heavy atom. The lowest BCUT2D eigenvalue weighted by Gasteiger charge is -2.19. The van der Waals surface area contributed by atoms with E-state index in [1.54, 1.807) is 11.0 Å². The molecule has 0 aromatic carbocycles. The van der Waals surface area contributed by atoms with Crippen LogP contribution >= 0.6 is 0 Å². The number of anilines is 2. The first-order valence-corrected chi connectivity index (χ1v) is 4.83. The van der Waals surface area contributed by atoms with E-state index in [-0.39, 0.29) is 13.0 Å². The van der Waals surface area contributed by atoms with Crippen LogP contribution in [0, 0.1) is 6.92 Å². The summed E-state index contributed by atoms with van der Waals surface area (Å²) in [6.45, 7) is 1.94. The number of nitrogens with zero attached hydrogens (tertiary/aromatic N) is 2. The Kier molecular flexibility index (Phi) is 2.25. The number of aromatic nitrogens is 1. The van der Waals surface area contributed by atoms with Crippen molar-refractivity contribution in [3.8, 4) is 0 Å². The van der Waals surface area contributed by atoms with Crippen molar-refractivity contribution in [1.82, 2.24) is 4.98 Å². The van der Waals surface area contributed by atoms with Gasteiger partial charge in [-0.2, -0.15) is 0 Å². The van der Waals surface area contributed by atoms with Crippen LogP contribution in [0.1, 0.15) is 12.0 Å². The zero-order valence-corrected chi connectivity index (χ0v) is 8.50. The van der Waals surface area contributed by atoms with Crippen molar-refractivity contribution in [2.45, 2.75) is 19.3 Å². The molecule has 5 heteroatoms. The van der Waals surface area contributed by atoms with E-state index in [0.29, 0.717) is 18.1 Å². The van der Waals surface area contributed by atoms with Crippen molar-refractivity contribution in [3.63, 3.8) is 0 Å². The van der Waals surface area contributed by atoms with Gasteiger partial charge >= 0.3 is 0 Å². The molecule has 1 saturated heterocycles. The smallest absolute Gasteiger partial charge is 0.266 e. The summed E-state index contributed by atoms with van der Waals surface area (Å²) >= 11 is 0. The number of halogens is 2. The van der Waals surface area contributed by atoms with Gasteiger partial charge in [-0.1, -0.05) is 0 Å². The number of pyridine rings is 1. The lowest BCUT2D eigenvalue weighted by atomic mass is 10.2. The standard InChI is InChI=1S/C10H13F2N3/c1-7-4-8(13)5-14-9(7)15-3-2-10(11,12)6-15/h4-5H,2-3,6,13H2,1H3. The predicted octanol–water partition coefficient (Wildman–Crippen LogP) is 1.82. The topological polar surface area (TPSA) is 42.1 Å². The maximum Gasteiger partial charge on any atom is 0.266 e. The number of rotatable bonds is 1. The first kappa shape index (κ1) is 10.1. The summed E-state index contributed by atoms with van der Waals surface area (Å²) in [5.41, 5.74) is 6.95. The fourth-order valence-corrected chi connectivity index (χ4v) is 1.84. The number of nitrogens with two attached hydrogens (primary N) is 1. The normalized spacial score (nSPS) is 19.5. The molecule has 0 atom stereocenters. The van der Waals surface area contributed by atoms with E-state index in [0.717, 1.165) is 5.56 Å². The second kappa shape index (κ2) is 3.32. The molecule has 1 aromatic heterocycles. The molecule has 2 N–H and O–H groups in total. The number of hydrogen-bond acceptors (Lipinski definition) is 3. The molecular weight excluding hydrogens is 200 g/mol. The van der Waals surface area contributed by atoms with Crippen LogP contribution in [-0.2, 0) is 0 Å². The maximum absolute atomic E-state index is 13.0. The quantitative estimate of drug-likeness (QED) is 0.773. The fourth-order valence-electron chi connectivity index (χ4n) is 1.84. The molecule has 0 saturated carbocycles. The van der Waals surface area contributed by atoms with Gasteiger partial charge in [0.25, 0.3) is 5.92 Å². The first-order valence-electron chi connectivity index (χ1n) is 4.83. The van der Waals surface area contributed by atoms with Crippen LogP contribution in [0.25, 0.3) is 0 Å². The third-order valence-corrected chi connectivity index (χ3v) is 2.54. The number of nitrogen functional groups attached to an aromatic ring is 1. The molecule has 0 spiro atoms. The Balaban J connectivity index is 2.24. The highest BCUT2D eigenvalue weighted by Gasteiger charge is 2.39. The van der Waals surface area contributed by atoms with Gasteiger partial charge in [0.2, 0.25) is 0 Å². The summed E-state index contributed by atoms with van der Waals surface area (Å²) < 4.78 is 26.0. The summed E-state index contributed by atoms with van der Waals surface area (Å²) in [7, 11) is 0. The summed E-state index contributed by atoms with van der Waals surface area (Å²) in [5, 5.41) is 0. The van der Waals surface area contributed by atoms with Gasteiger partial charge < -0.3 is 10.6 Å². The molecule has 0 bridgehead atoms. The van der Waals surface area contributed by atoms with Gasteiger partial charge in [-0.05, 0) is 18.6 Å². The second-order valence-electron chi connectivity index (χ2n) is 3.94. The van der Waals surface area contributed by atoms with Crippen molar-refractivity contribution >= 4 is 11.5 Å². The fraction of sp³-hybridized carbons (Fsp3) is 0.500. The third-order valence-electron chi connectivity index (χ3n) is 2.54. The lowest BCUT2D eigenvalue weighted by molar-refractivity contribution is 0.0256. The van der Waals surface area contributed by atoms with Crippen LogP contribution in [0.5, 0.6) is 0 Å². The number of hydrogen-bond donors (Lipinski definition) is 1. The molecular formula is C10H13F2N3. The van der Waals surface area contributed by atoms with Crippen molar-refractivity contribution in [2.24, 2.45) is 0 Å². The molecule has 1 aromatic rings. The van der Waals surface area contributed by atoms with Crippen LogP contribution < -0.4 is 10.6 Å². The molecule has 1 aliphatic rings. The molecule has 15 heavy (non-hydrogen) atoms. The van der Waals surface area contributed by atoms with Gasteiger partial charge in [-0.25, -0.2) is 13.8 Å². The van der Waals surface area contributed by atoms with E-state index in [2.05, 4.69) is 4.98 Å². The minimum Gasteiger partial charge on any atom is -0.397 e. The summed E-state index contributed by atoms with van der Waals surface area (Å²) in [4.78, 5) is 5.70. The van der Waals surface area contributed by atoms with E-state index in [4.69, 9.17) is 5.73 Å². The molecule has 0 aliphatic carbocycles. The molecule has 1 fully saturated rings. The van der Waals surface area contributed by atoms with E-state index in [9.17, 15) is 8.78 Å². The second-order valence-corrected chi connectivity index (χ2v) is 3.94. The van der Waals surface area contributed by atoms with Crippen molar-refractivity contribution in [2.75, 3.05) is 23.7 Å². The zero-order chi connectivity index (χ0) is 11.1. The Morgan fingerprint density at radius 1 is 1.53 bits per heavy atom. The largest absolute Gasteiger partial charge is 0.397 e. The van der Waals surface area contributed by atoms with E-state index < -0.39 is 5.92 Å². The average molecular weight is 213 g/mol. The average Bonchev–Trinajstić information content (AvgIpc) is 2.46. The Morgan fingerprint density at radius 2 is 2.27 bits per heavy atom. The molecule has 0 radical (unpaired) electrons. The predicted molar refractivity (Wildman–Crippen MR) is 55.2 cm³/mol. The van der Waals surface area contributed by atoms with Gasteiger partial charge in [0.05, 0.1) is 18.4 Å². The van der Waals surface area contributed by atoms with Crippen molar-refractivity contribution in [1.29, 1.82) is 0 Å². The zero-order valence-electron chi connectivity index (χ0n) is 8.50. The van der Waals surface area contributed by atoms with Gasteiger partial charge in [-0.15, -0.1) is 0 Å². The summed E-state index contributed by atoms with van der Waals surface area (Å²) in [6.07, 6.45) is 1.40. The highest BCUT2D eigenvalue weighted by atomic mass is 19.3. The molecule has 3 nitrogen and oxygen atoms in total. The summed E-state index contributed by atoms with van der Waals surface area (Å²) in [6, 6.07) is 1.75. The molecule has 2 heterocycles. The monoisotopic (exact) mass is 213 g/mol. The minimum absolute atomic E-state index is 0.0987. The highest BCUT2D eigenvalue weighted by molar-refractivity contribution is 5.53. The van der Waals surface area contributed by atoms with E-state index in [1.165, 1.54) is 6.20 Å². The van der Waals surface area contributed by atoms with E-state index in [1.807, 2.05) is 6.92 Å². The van der Waals surface area contributed by atoms with Crippen LogP contribution in [0.15, 0.2) is 12.3 Å². The number of aryl methyl sites for hydroxylation is 1. The Bertz CT molecular complexity index is 379. The van der Waals surface area contributed by atoms with Crippen LogP contribution in [0.3, 0.4) is 0 Å².